The molecule has 5 aromatic rings. The minimum absolute atomic E-state index is 0.0324. The van der Waals surface area contributed by atoms with Gasteiger partial charge in [0.05, 0.1) is 73.3 Å². The van der Waals surface area contributed by atoms with Crippen molar-refractivity contribution in [3.8, 4) is 11.5 Å². The number of benzene rings is 5. The van der Waals surface area contributed by atoms with Gasteiger partial charge in [0.1, 0.15) is 11.5 Å². The largest absolute Gasteiger partial charge is 0.492 e. The van der Waals surface area contributed by atoms with E-state index in [1.165, 1.54) is 54.6 Å². The van der Waals surface area contributed by atoms with E-state index in [1.807, 2.05) is 13.8 Å². The maximum Gasteiger partial charge on any atom is 0.258 e. The summed E-state index contributed by atoms with van der Waals surface area (Å²) in [5.41, 5.74) is 3.35. The monoisotopic (exact) mass is 1060 g/mol. The molecule has 0 fully saturated rings. The van der Waals surface area contributed by atoms with Gasteiger partial charge in [-0.2, -0.15) is 20.5 Å². The van der Waals surface area contributed by atoms with E-state index >= 15 is 0 Å². The van der Waals surface area contributed by atoms with Crippen LogP contribution in [0.3, 0.4) is 0 Å². The molecule has 0 heterocycles. The predicted octanol–water partition coefficient (Wildman–Crippen LogP) is 13.6. The Balaban J connectivity index is 1.28. The van der Waals surface area contributed by atoms with E-state index in [0.29, 0.717) is 41.7 Å². The lowest BCUT2D eigenvalue weighted by atomic mass is 10.1. The van der Waals surface area contributed by atoms with Crippen molar-refractivity contribution >= 4 is 127 Å². The van der Waals surface area contributed by atoms with Crippen molar-refractivity contribution in [1.82, 2.24) is 0 Å². The Morgan fingerprint density at radius 3 is 1.34 bits per heavy atom. The number of hydrogen-bond donors (Lipinski definition) is 4. The van der Waals surface area contributed by atoms with Crippen LogP contribution in [0.25, 0.3) is 0 Å². The molecule has 5 rings (SSSR count). The molecule has 21 heteroatoms. The first-order valence-corrected chi connectivity index (χ1v) is 24.0. The normalized spacial score (nSPS) is 13.4. The fourth-order valence-corrected chi connectivity index (χ4v) is 7.45. The zero-order valence-electron chi connectivity index (χ0n) is 39.4. The van der Waals surface area contributed by atoms with Crippen LogP contribution >= 0.6 is 58.0 Å². The molecule has 0 aliphatic heterocycles. The van der Waals surface area contributed by atoms with Crippen molar-refractivity contribution in [3.05, 3.63) is 129 Å². The Labute approximate surface area is 435 Å². The standard InChI is InChI=1S/C50H49Cl5N8O8/c1-8-70-43-20-30(25(3)51)10-17-41(43)58-47(66)36-23-33(12-15-38(36)54)60-62-45(28(6)64)49(68)56-32-14-19-40(35(22-32)27(5)53)57-50(69)46(29(7)65)63-61-34-13-16-39(55)37(24-34)48(67)59-42-18-11-31(26(4)52)21-44(42)71-9-2/h10-27,45-46H,8-9H2,1-7H3,(H,56,68)(H,57,69)(H,58,66)(H,59,67). The molecular formula is C50H49Cl5N8O8. The number of amides is 4. The minimum Gasteiger partial charge on any atom is -0.492 e. The molecule has 0 spiro atoms. The van der Waals surface area contributed by atoms with Crippen molar-refractivity contribution < 1.29 is 38.2 Å². The number of halogens is 5. The van der Waals surface area contributed by atoms with Gasteiger partial charge in [-0.25, -0.2) is 0 Å². The van der Waals surface area contributed by atoms with Crippen LogP contribution in [0.5, 0.6) is 11.5 Å². The lowest BCUT2D eigenvalue weighted by Crippen LogP contribution is -2.32. The van der Waals surface area contributed by atoms with Gasteiger partial charge in [0, 0.05) is 11.4 Å². The molecule has 0 saturated heterocycles. The molecule has 5 aromatic carbocycles. The van der Waals surface area contributed by atoms with Crippen LogP contribution in [0.15, 0.2) is 111 Å². The van der Waals surface area contributed by atoms with Crippen molar-refractivity contribution in [2.24, 2.45) is 20.5 Å². The van der Waals surface area contributed by atoms with Gasteiger partial charge in [-0.1, -0.05) is 35.3 Å². The Morgan fingerprint density at radius 2 is 0.944 bits per heavy atom. The molecule has 0 saturated carbocycles. The zero-order chi connectivity index (χ0) is 52.1. The van der Waals surface area contributed by atoms with Crippen molar-refractivity contribution in [2.45, 2.75) is 76.7 Å². The lowest BCUT2D eigenvalue weighted by Gasteiger charge is -2.17. The van der Waals surface area contributed by atoms with Crippen LogP contribution < -0.4 is 30.7 Å². The Hall–Kier alpha value is -6.43. The highest BCUT2D eigenvalue weighted by molar-refractivity contribution is 6.35. The van der Waals surface area contributed by atoms with Gasteiger partial charge < -0.3 is 30.7 Å². The zero-order valence-corrected chi connectivity index (χ0v) is 43.2. The number of hydrogen-bond acceptors (Lipinski definition) is 12. The lowest BCUT2D eigenvalue weighted by molar-refractivity contribution is -0.127. The summed E-state index contributed by atoms with van der Waals surface area (Å²) in [7, 11) is 0. The summed E-state index contributed by atoms with van der Waals surface area (Å²) in [5, 5.41) is 25.9. The molecule has 4 amide bonds. The Morgan fingerprint density at radius 1 is 0.521 bits per heavy atom. The number of rotatable bonds is 21. The third kappa shape index (κ3) is 15.0. The topological polar surface area (TPSA) is 218 Å². The predicted molar refractivity (Wildman–Crippen MR) is 279 cm³/mol. The van der Waals surface area contributed by atoms with E-state index in [2.05, 4.69) is 41.7 Å². The number of nitrogens with zero attached hydrogens (tertiary/aromatic N) is 4. The van der Waals surface area contributed by atoms with Crippen LogP contribution in [0, 0.1) is 0 Å². The first-order valence-electron chi connectivity index (χ1n) is 22.0. The second-order valence-electron chi connectivity index (χ2n) is 15.7. The van der Waals surface area contributed by atoms with E-state index in [-0.39, 0.29) is 54.7 Å². The fourth-order valence-electron chi connectivity index (χ4n) is 6.59. The third-order valence-electron chi connectivity index (χ3n) is 10.3. The molecule has 372 valence electrons. The highest BCUT2D eigenvalue weighted by Crippen LogP contribution is 2.35. The molecule has 16 nitrogen and oxygen atoms in total. The first-order chi connectivity index (χ1) is 33.7. The second-order valence-corrected chi connectivity index (χ2v) is 18.5. The van der Waals surface area contributed by atoms with Gasteiger partial charge in [-0.05, 0) is 144 Å². The molecule has 5 atom stereocenters. The highest BCUT2D eigenvalue weighted by atomic mass is 35.5. The number of alkyl halides is 3. The molecular weight excluding hydrogens is 1020 g/mol. The molecule has 0 aromatic heterocycles. The van der Waals surface area contributed by atoms with Crippen molar-refractivity contribution in [2.75, 3.05) is 34.5 Å². The van der Waals surface area contributed by atoms with E-state index in [1.54, 1.807) is 57.2 Å². The summed E-state index contributed by atoms with van der Waals surface area (Å²) in [6.07, 6.45) is 0. The molecule has 0 bridgehead atoms. The molecule has 0 aliphatic carbocycles. The summed E-state index contributed by atoms with van der Waals surface area (Å²) in [6.45, 7) is 11.8. The summed E-state index contributed by atoms with van der Waals surface area (Å²) in [5.74, 6) is -3.34. The quantitative estimate of drug-likeness (QED) is 0.0314. The van der Waals surface area contributed by atoms with Crippen molar-refractivity contribution in [3.63, 3.8) is 0 Å². The number of carbonyl (C=O) groups is 6. The van der Waals surface area contributed by atoms with Gasteiger partial charge in [0.25, 0.3) is 23.6 Å². The van der Waals surface area contributed by atoms with Crippen LogP contribution in [0.4, 0.5) is 34.1 Å². The minimum atomic E-state index is -1.63. The number of azo groups is 2. The number of ether oxygens (including phenoxy) is 2. The Kier molecular flexibility index (Phi) is 20.0. The van der Waals surface area contributed by atoms with Gasteiger partial charge in [0.15, 0.2) is 11.6 Å². The molecule has 71 heavy (non-hydrogen) atoms. The van der Waals surface area contributed by atoms with Crippen LogP contribution in [-0.4, -0.2) is 60.5 Å². The second kappa shape index (κ2) is 25.6. The summed E-state index contributed by atoms with van der Waals surface area (Å²) >= 11 is 31.8. The Bertz CT molecular complexity index is 2890. The number of ketones is 2. The number of carbonyl (C=O) groups excluding carboxylic acids is 6. The van der Waals surface area contributed by atoms with E-state index in [9.17, 15) is 28.8 Å². The number of Topliss-reactive ketones (excluding diaryl/α,β-unsaturated/α-hetero) is 2. The van der Waals surface area contributed by atoms with Crippen LogP contribution in [0.2, 0.25) is 10.0 Å². The first kappa shape index (κ1) is 55.5. The molecule has 0 radical (unpaired) electrons. The van der Waals surface area contributed by atoms with Gasteiger partial charge in [-0.15, -0.1) is 34.8 Å². The smallest absolute Gasteiger partial charge is 0.258 e. The van der Waals surface area contributed by atoms with Crippen LogP contribution in [0.1, 0.15) is 102 Å². The average Bonchev–Trinajstić information content (AvgIpc) is 3.31. The third-order valence-corrected chi connectivity index (χ3v) is 11.7. The average molecular weight is 1070 g/mol. The molecule has 0 aliphatic rings. The SMILES string of the molecule is CCOc1cc(C(C)Cl)ccc1NC(=O)c1cc(N=NC(C(C)=O)C(=O)Nc2ccc(NC(=O)C(N=Nc3ccc(Cl)c(C(=O)Nc4ccc(C(C)Cl)cc4OCC)c3)C(C)=O)c(C(C)Cl)c2)ccc1Cl. The van der Waals surface area contributed by atoms with E-state index in [0.717, 1.165) is 25.0 Å². The van der Waals surface area contributed by atoms with E-state index < -0.39 is 52.7 Å². The summed E-state index contributed by atoms with van der Waals surface area (Å²) in [4.78, 5) is 79.4. The highest BCUT2D eigenvalue weighted by Gasteiger charge is 2.27. The summed E-state index contributed by atoms with van der Waals surface area (Å²) in [6, 6.07) is 19.9. The number of nitrogens with one attached hydrogen (secondary N) is 4. The van der Waals surface area contributed by atoms with Gasteiger partial charge in [0.2, 0.25) is 12.1 Å². The van der Waals surface area contributed by atoms with Crippen molar-refractivity contribution in [1.29, 1.82) is 0 Å². The fraction of sp³-hybridized carbons (Fsp3) is 0.280. The number of anilines is 4. The maximum absolute atomic E-state index is 13.6. The summed E-state index contributed by atoms with van der Waals surface area (Å²) < 4.78 is 11.4. The van der Waals surface area contributed by atoms with Gasteiger partial charge in [-0.3, -0.25) is 28.8 Å². The molecule has 5 unspecified atom stereocenters. The maximum atomic E-state index is 13.6. The van der Waals surface area contributed by atoms with E-state index in [4.69, 9.17) is 67.5 Å². The molecule has 4 N–H and O–H groups in total. The van der Waals surface area contributed by atoms with Gasteiger partial charge >= 0.3 is 0 Å². The van der Waals surface area contributed by atoms with Crippen LogP contribution in [-0.2, 0) is 19.2 Å².